The molecule has 0 spiro atoms. The van der Waals surface area contributed by atoms with Crippen LogP contribution in [0.4, 0.5) is 0 Å². The van der Waals surface area contributed by atoms with Crippen molar-refractivity contribution in [2.75, 3.05) is 6.61 Å². The van der Waals surface area contributed by atoms with Gasteiger partial charge in [0.1, 0.15) is 6.10 Å². The first-order valence-corrected chi connectivity index (χ1v) is 8.50. The van der Waals surface area contributed by atoms with Gasteiger partial charge < -0.3 is 25.2 Å². The van der Waals surface area contributed by atoms with Gasteiger partial charge in [-0.1, -0.05) is 36.4 Å². The fourth-order valence-electron chi connectivity index (χ4n) is 2.14. The first-order chi connectivity index (χ1) is 14.3. The molecule has 1 aliphatic rings. The largest absolute Gasteiger partial charge is 0.505 e. The van der Waals surface area contributed by atoms with Gasteiger partial charge in [-0.25, -0.2) is 24.2 Å². The highest BCUT2D eigenvalue weighted by Crippen LogP contribution is 2.20. The van der Waals surface area contributed by atoms with E-state index in [9.17, 15) is 14.4 Å². The topological polar surface area (TPSA) is 160 Å². The quantitative estimate of drug-likeness (QED) is 0.323. The maximum atomic E-state index is 11.5. The zero-order valence-corrected chi connectivity index (χ0v) is 15.4. The fraction of sp³-hybridized carbons (Fsp3) is 0.150. The summed E-state index contributed by atoms with van der Waals surface area (Å²) in [6.07, 6.45) is -2.78. The van der Waals surface area contributed by atoms with E-state index in [1.807, 2.05) is 0 Å². The van der Waals surface area contributed by atoms with Crippen LogP contribution in [0.5, 0.6) is 0 Å². The van der Waals surface area contributed by atoms with Crippen molar-refractivity contribution in [3.8, 4) is 0 Å². The zero-order chi connectivity index (χ0) is 22.1. The van der Waals surface area contributed by atoms with Crippen molar-refractivity contribution in [2.24, 2.45) is 0 Å². The number of ether oxygens (including phenoxy) is 1. The molecule has 10 nitrogen and oxygen atoms in total. The van der Waals surface area contributed by atoms with Crippen molar-refractivity contribution in [3.63, 3.8) is 0 Å². The SMILES string of the molecule is O=C(OOC(=O)c1ccccc1)c1ccccc1.O=C1O[C@H]([C@@H](O)CO)C(O)=C1O. The van der Waals surface area contributed by atoms with Crippen LogP contribution in [0.25, 0.3) is 0 Å². The van der Waals surface area contributed by atoms with Gasteiger partial charge in [-0.3, -0.25) is 0 Å². The third-order valence-corrected chi connectivity index (χ3v) is 3.69. The molecule has 0 unspecified atom stereocenters. The van der Waals surface area contributed by atoms with E-state index in [2.05, 4.69) is 14.5 Å². The van der Waals surface area contributed by atoms with E-state index in [1.165, 1.54) is 0 Å². The highest BCUT2D eigenvalue weighted by atomic mass is 17.2. The van der Waals surface area contributed by atoms with Gasteiger partial charge >= 0.3 is 17.9 Å². The number of aliphatic hydroxyl groups excluding tert-OH is 4. The number of hydrogen-bond donors (Lipinski definition) is 4. The predicted molar refractivity (Wildman–Crippen MR) is 99.0 cm³/mol. The molecule has 0 fully saturated rings. The van der Waals surface area contributed by atoms with Gasteiger partial charge in [0.15, 0.2) is 11.9 Å². The average molecular weight is 418 g/mol. The minimum atomic E-state index is -1.42. The summed E-state index contributed by atoms with van der Waals surface area (Å²) in [5, 5.41) is 35.0. The Bertz CT molecular complexity index is 856. The Labute approximate surface area is 170 Å². The van der Waals surface area contributed by atoms with E-state index in [0.29, 0.717) is 11.1 Å². The second-order valence-corrected chi connectivity index (χ2v) is 5.78. The number of benzene rings is 2. The Balaban J connectivity index is 0.000000232. The molecule has 158 valence electrons. The van der Waals surface area contributed by atoms with Gasteiger partial charge in [-0.2, -0.15) is 0 Å². The van der Waals surface area contributed by atoms with Crippen LogP contribution in [0.2, 0.25) is 0 Å². The lowest BCUT2D eigenvalue weighted by Crippen LogP contribution is -2.31. The van der Waals surface area contributed by atoms with E-state index in [4.69, 9.17) is 20.4 Å². The molecule has 0 saturated carbocycles. The van der Waals surface area contributed by atoms with Crippen molar-refractivity contribution >= 4 is 17.9 Å². The van der Waals surface area contributed by atoms with Crippen LogP contribution in [0.1, 0.15) is 20.7 Å². The molecule has 10 heteroatoms. The Morgan fingerprint density at radius 1 is 0.900 bits per heavy atom. The summed E-state index contributed by atoms with van der Waals surface area (Å²) in [4.78, 5) is 42.4. The zero-order valence-electron chi connectivity index (χ0n) is 15.4. The minimum Gasteiger partial charge on any atom is -0.505 e. The summed E-state index contributed by atoms with van der Waals surface area (Å²) < 4.78 is 4.32. The maximum Gasteiger partial charge on any atom is 0.386 e. The minimum absolute atomic E-state index is 0.318. The molecular weight excluding hydrogens is 400 g/mol. The molecule has 3 rings (SSSR count). The maximum absolute atomic E-state index is 11.5. The first-order valence-electron chi connectivity index (χ1n) is 8.50. The Kier molecular flexibility index (Phi) is 7.91. The van der Waals surface area contributed by atoms with Crippen LogP contribution in [0.3, 0.4) is 0 Å². The number of esters is 1. The molecule has 0 aliphatic carbocycles. The molecule has 0 amide bonds. The van der Waals surface area contributed by atoms with Crippen LogP contribution in [0.15, 0.2) is 72.2 Å². The van der Waals surface area contributed by atoms with Crippen molar-refractivity contribution in [1.29, 1.82) is 0 Å². The molecule has 0 aromatic heterocycles. The summed E-state index contributed by atoms with van der Waals surface area (Å²) >= 11 is 0. The highest BCUT2D eigenvalue weighted by Gasteiger charge is 2.38. The molecule has 0 bridgehead atoms. The van der Waals surface area contributed by atoms with E-state index in [-0.39, 0.29) is 0 Å². The number of aliphatic hydroxyl groups is 4. The molecule has 2 atom stereocenters. The molecular formula is C20H18O10. The van der Waals surface area contributed by atoms with Crippen LogP contribution < -0.4 is 0 Å². The second kappa shape index (κ2) is 10.6. The number of rotatable bonds is 4. The third-order valence-electron chi connectivity index (χ3n) is 3.69. The van der Waals surface area contributed by atoms with E-state index < -0.39 is 48.2 Å². The van der Waals surface area contributed by atoms with E-state index >= 15 is 0 Å². The number of carbonyl (C=O) groups excluding carboxylic acids is 3. The van der Waals surface area contributed by atoms with Crippen molar-refractivity contribution in [3.05, 3.63) is 83.3 Å². The smallest absolute Gasteiger partial charge is 0.386 e. The van der Waals surface area contributed by atoms with Crippen LogP contribution in [0, 0.1) is 0 Å². The molecule has 2 aromatic rings. The lowest BCUT2D eigenvalue weighted by molar-refractivity contribution is -0.187. The predicted octanol–water partition coefficient (Wildman–Crippen LogP) is 1.21. The molecule has 0 saturated heterocycles. The lowest BCUT2D eigenvalue weighted by Gasteiger charge is -2.13. The van der Waals surface area contributed by atoms with E-state index in [0.717, 1.165) is 0 Å². The number of cyclic esters (lactones) is 1. The van der Waals surface area contributed by atoms with Crippen molar-refractivity contribution < 1.29 is 49.3 Å². The Morgan fingerprint density at radius 2 is 1.33 bits per heavy atom. The number of hydrogen-bond acceptors (Lipinski definition) is 10. The van der Waals surface area contributed by atoms with Crippen LogP contribution >= 0.6 is 0 Å². The highest BCUT2D eigenvalue weighted by molar-refractivity contribution is 5.92. The fourth-order valence-corrected chi connectivity index (χ4v) is 2.14. The summed E-state index contributed by atoms with van der Waals surface area (Å²) in [7, 11) is 0. The molecule has 4 N–H and O–H groups in total. The van der Waals surface area contributed by atoms with Gasteiger partial charge in [-0.05, 0) is 24.3 Å². The summed E-state index contributed by atoms with van der Waals surface area (Å²) in [5.41, 5.74) is 0.636. The van der Waals surface area contributed by atoms with Gasteiger partial charge in [0.25, 0.3) is 0 Å². The van der Waals surface area contributed by atoms with Crippen LogP contribution in [-0.2, 0) is 19.3 Å². The average Bonchev–Trinajstić information content (AvgIpc) is 3.05. The molecule has 30 heavy (non-hydrogen) atoms. The summed E-state index contributed by atoms with van der Waals surface area (Å²) in [5.74, 6) is -4.20. The van der Waals surface area contributed by atoms with Gasteiger partial charge in [0.2, 0.25) is 5.76 Å². The monoisotopic (exact) mass is 418 g/mol. The Morgan fingerprint density at radius 3 is 1.67 bits per heavy atom. The molecule has 0 radical (unpaired) electrons. The third kappa shape index (κ3) is 5.80. The van der Waals surface area contributed by atoms with Crippen molar-refractivity contribution in [1.82, 2.24) is 0 Å². The standard InChI is InChI=1S/C14H10O4.C6H8O6/c15-13(11-7-3-1-4-8-11)17-18-14(16)12-9-5-2-6-10-12;7-1-2(8)5-3(9)4(10)6(11)12-5/h1-10H;2,5,7-10H,1H2/t;2-,5+/m.0/s1. The molecule has 1 aliphatic heterocycles. The Hall–Kier alpha value is -3.89. The van der Waals surface area contributed by atoms with Crippen LogP contribution in [-0.4, -0.2) is 57.1 Å². The van der Waals surface area contributed by atoms with E-state index in [1.54, 1.807) is 60.7 Å². The second-order valence-electron chi connectivity index (χ2n) is 5.78. The molecule has 2 aromatic carbocycles. The normalized spacial score (nSPS) is 16.1. The summed E-state index contributed by atoms with van der Waals surface area (Å²) in [6.45, 7) is -0.671. The first kappa shape index (κ1) is 22.4. The van der Waals surface area contributed by atoms with Gasteiger partial charge in [-0.15, -0.1) is 0 Å². The number of carbonyl (C=O) groups is 3. The lowest BCUT2D eigenvalue weighted by atomic mass is 10.2. The van der Waals surface area contributed by atoms with Gasteiger partial charge in [0, 0.05) is 0 Å². The van der Waals surface area contributed by atoms with Crippen molar-refractivity contribution in [2.45, 2.75) is 12.2 Å². The summed E-state index contributed by atoms with van der Waals surface area (Å²) in [6, 6.07) is 16.6. The molecule has 1 heterocycles. The van der Waals surface area contributed by atoms with Gasteiger partial charge in [0.05, 0.1) is 17.7 Å².